The number of likely N-dealkylation sites (tertiary alicyclic amines) is 1. The molecule has 7 heteroatoms. The van der Waals surface area contributed by atoms with Gasteiger partial charge >= 0.3 is 6.09 Å². The lowest BCUT2D eigenvalue weighted by Crippen LogP contribution is -2.53. The van der Waals surface area contributed by atoms with E-state index in [4.69, 9.17) is 9.47 Å². The number of ether oxygens (including phenoxy) is 2. The van der Waals surface area contributed by atoms with E-state index >= 15 is 0 Å². The smallest absolute Gasteiger partial charge is 0.410 e. The maximum absolute atomic E-state index is 11.7. The summed E-state index contributed by atoms with van der Waals surface area (Å²) in [6.45, 7) is 8.31. The lowest BCUT2D eigenvalue weighted by molar-refractivity contribution is -0.0199. The number of aromatic amines is 1. The van der Waals surface area contributed by atoms with E-state index in [9.17, 15) is 4.79 Å². The molecule has 1 fully saturated rings. The van der Waals surface area contributed by atoms with Crippen molar-refractivity contribution in [2.45, 2.75) is 32.8 Å². The van der Waals surface area contributed by atoms with E-state index in [1.165, 1.54) is 0 Å². The first kappa shape index (κ1) is 14.8. The third-order valence-corrected chi connectivity index (χ3v) is 2.93. The summed E-state index contributed by atoms with van der Waals surface area (Å²) < 4.78 is 10.9. The first-order valence-corrected chi connectivity index (χ1v) is 6.85. The predicted octanol–water partition coefficient (Wildman–Crippen LogP) is 1.23. The number of hydrogen-bond acceptors (Lipinski definition) is 5. The van der Waals surface area contributed by atoms with Gasteiger partial charge in [0.1, 0.15) is 5.60 Å². The van der Waals surface area contributed by atoms with E-state index in [-0.39, 0.29) is 6.09 Å². The van der Waals surface area contributed by atoms with E-state index in [0.717, 1.165) is 12.1 Å². The van der Waals surface area contributed by atoms with Crippen molar-refractivity contribution in [3.63, 3.8) is 0 Å². The van der Waals surface area contributed by atoms with Gasteiger partial charge in [0, 0.05) is 31.6 Å². The Labute approximate surface area is 118 Å². The molecule has 112 valence electrons. The predicted molar refractivity (Wildman–Crippen MR) is 72.2 cm³/mol. The van der Waals surface area contributed by atoms with E-state index in [2.05, 4.69) is 15.4 Å². The first-order chi connectivity index (χ1) is 9.44. The summed E-state index contributed by atoms with van der Waals surface area (Å²) in [6.07, 6.45) is 2.27. The highest BCUT2D eigenvalue weighted by atomic mass is 16.6. The van der Waals surface area contributed by atoms with Gasteiger partial charge in [0.05, 0.1) is 18.9 Å². The van der Waals surface area contributed by atoms with Gasteiger partial charge in [-0.2, -0.15) is 0 Å². The molecule has 1 aliphatic rings. The van der Waals surface area contributed by atoms with Crippen LogP contribution in [0.1, 0.15) is 26.5 Å². The van der Waals surface area contributed by atoms with Crippen LogP contribution in [0.15, 0.2) is 6.20 Å². The minimum absolute atomic E-state index is 0.239. The van der Waals surface area contributed by atoms with E-state index in [1.54, 1.807) is 11.1 Å². The number of nitrogens with zero attached hydrogens (tertiary/aromatic N) is 3. The topological polar surface area (TPSA) is 80.3 Å². The van der Waals surface area contributed by atoms with Gasteiger partial charge in [-0.25, -0.2) is 4.79 Å². The summed E-state index contributed by atoms with van der Waals surface area (Å²) in [5.74, 6) is 0.403. The van der Waals surface area contributed by atoms with Crippen molar-refractivity contribution in [2.75, 3.05) is 26.3 Å². The van der Waals surface area contributed by atoms with Crippen molar-refractivity contribution in [3.05, 3.63) is 11.9 Å². The van der Waals surface area contributed by atoms with Crippen molar-refractivity contribution < 1.29 is 14.3 Å². The standard InChI is InChI=1S/C13H22N4O3/c1-13(2,3)20-12(18)17-7-10(8-17)9-19-5-4-11-6-14-16-15-11/h6,10H,4-5,7-9H2,1-3H3,(H,14,15,16). The third kappa shape index (κ3) is 4.48. The fraction of sp³-hybridized carbons (Fsp3) is 0.769. The molecule has 0 aromatic carbocycles. The summed E-state index contributed by atoms with van der Waals surface area (Å²) >= 11 is 0. The Morgan fingerprint density at radius 1 is 1.50 bits per heavy atom. The lowest BCUT2D eigenvalue weighted by Gasteiger charge is -2.39. The van der Waals surface area contributed by atoms with Crippen molar-refractivity contribution >= 4 is 6.09 Å². The molecule has 2 rings (SSSR count). The maximum Gasteiger partial charge on any atom is 0.410 e. The molecule has 2 heterocycles. The van der Waals surface area contributed by atoms with Gasteiger partial charge in [0.25, 0.3) is 0 Å². The Hall–Kier alpha value is -1.63. The molecule has 0 radical (unpaired) electrons. The molecule has 20 heavy (non-hydrogen) atoms. The number of hydrogen-bond donors (Lipinski definition) is 1. The third-order valence-electron chi connectivity index (χ3n) is 2.93. The normalized spacial score (nSPS) is 16.1. The van der Waals surface area contributed by atoms with Crippen molar-refractivity contribution in [1.29, 1.82) is 0 Å². The van der Waals surface area contributed by atoms with E-state index < -0.39 is 5.60 Å². The van der Waals surface area contributed by atoms with Gasteiger partial charge in [-0.3, -0.25) is 5.10 Å². The number of rotatable bonds is 5. The molecule has 1 aromatic rings. The van der Waals surface area contributed by atoms with Crippen LogP contribution in [0.3, 0.4) is 0 Å². The molecular weight excluding hydrogens is 260 g/mol. The van der Waals surface area contributed by atoms with Crippen LogP contribution in [0.25, 0.3) is 0 Å². The second kappa shape index (κ2) is 6.21. The fourth-order valence-electron chi connectivity index (χ4n) is 1.93. The Balaban J connectivity index is 1.54. The first-order valence-electron chi connectivity index (χ1n) is 6.85. The average Bonchev–Trinajstić information content (AvgIpc) is 2.76. The molecule has 0 unspecified atom stereocenters. The number of amides is 1. The quantitative estimate of drug-likeness (QED) is 0.822. The van der Waals surface area contributed by atoms with Crippen molar-refractivity contribution in [2.24, 2.45) is 5.92 Å². The molecule has 1 N–H and O–H groups in total. The average molecular weight is 282 g/mol. The summed E-state index contributed by atoms with van der Waals surface area (Å²) in [6, 6.07) is 0. The summed E-state index contributed by atoms with van der Waals surface area (Å²) in [4.78, 5) is 13.4. The fourth-order valence-corrected chi connectivity index (χ4v) is 1.93. The van der Waals surface area contributed by atoms with Gasteiger partial charge in [-0.05, 0) is 20.8 Å². The highest BCUT2D eigenvalue weighted by Gasteiger charge is 2.33. The minimum atomic E-state index is -0.434. The summed E-state index contributed by atoms with van der Waals surface area (Å²) in [5, 5.41) is 10.2. The molecular formula is C13H22N4O3. The minimum Gasteiger partial charge on any atom is -0.444 e. The number of nitrogens with one attached hydrogen (secondary N) is 1. The Morgan fingerprint density at radius 3 is 2.85 bits per heavy atom. The Kier molecular flexibility index (Phi) is 4.59. The Bertz CT molecular complexity index is 421. The maximum atomic E-state index is 11.7. The van der Waals surface area contributed by atoms with Crippen LogP contribution in [-0.2, 0) is 15.9 Å². The summed E-state index contributed by atoms with van der Waals surface area (Å²) in [7, 11) is 0. The highest BCUT2D eigenvalue weighted by Crippen LogP contribution is 2.19. The number of aromatic nitrogens is 3. The molecule has 7 nitrogen and oxygen atoms in total. The zero-order valence-corrected chi connectivity index (χ0v) is 12.3. The monoisotopic (exact) mass is 282 g/mol. The van der Waals surface area contributed by atoms with Crippen LogP contribution in [0.5, 0.6) is 0 Å². The second-order valence-corrected chi connectivity index (χ2v) is 6.04. The molecule has 0 atom stereocenters. The van der Waals surface area contributed by atoms with Crippen LogP contribution in [-0.4, -0.2) is 58.3 Å². The van der Waals surface area contributed by atoms with Crippen molar-refractivity contribution in [1.82, 2.24) is 20.3 Å². The van der Waals surface area contributed by atoms with E-state index in [1.807, 2.05) is 20.8 Å². The van der Waals surface area contributed by atoms with Gasteiger partial charge < -0.3 is 14.4 Å². The SMILES string of the molecule is CC(C)(C)OC(=O)N1CC(COCCc2c[nH]nn2)C1. The number of H-pyrrole nitrogens is 1. The van der Waals surface area contributed by atoms with Gasteiger partial charge in [-0.1, -0.05) is 5.21 Å². The highest BCUT2D eigenvalue weighted by molar-refractivity contribution is 5.69. The molecule has 1 aliphatic heterocycles. The van der Waals surface area contributed by atoms with Crippen LogP contribution < -0.4 is 0 Å². The number of carbonyl (C=O) groups excluding carboxylic acids is 1. The molecule has 1 aromatic heterocycles. The van der Waals surface area contributed by atoms with Gasteiger partial charge in [-0.15, -0.1) is 5.10 Å². The van der Waals surface area contributed by atoms with Crippen molar-refractivity contribution in [3.8, 4) is 0 Å². The largest absolute Gasteiger partial charge is 0.444 e. The van der Waals surface area contributed by atoms with Crippen LogP contribution >= 0.6 is 0 Å². The molecule has 1 amide bonds. The number of carbonyl (C=O) groups is 1. The molecule has 0 bridgehead atoms. The molecule has 0 saturated carbocycles. The van der Waals surface area contributed by atoms with Crippen LogP contribution in [0, 0.1) is 5.92 Å². The summed E-state index contributed by atoms with van der Waals surface area (Å²) in [5.41, 5.74) is 0.463. The molecule has 1 saturated heterocycles. The zero-order chi connectivity index (χ0) is 14.6. The van der Waals surface area contributed by atoms with Gasteiger partial charge in [0.2, 0.25) is 0 Å². The second-order valence-electron chi connectivity index (χ2n) is 6.04. The van der Waals surface area contributed by atoms with Crippen LogP contribution in [0.4, 0.5) is 4.79 Å². The molecule has 0 spiro atoms. The van der Waals surface area contributed by atoms with Gasteiger partial charge in [0.15, 0.2) is 0 Å². The zero-order valence-electron chi connectivity index (χ0n) is 12.3. The van der Waals surface area contributed by atoms with E-state index in [0.29, 0.717) is 32.2 Å². The lowest BCUT2D eigenvalue weighted by atomic mass is 10.0. The molecule has 0 aliphatic carbocycles. The Morgan fingerprint density at radius 2 is 2.25 bits per heavy atom. The van der Waals surface area contributed by atoms with Crippen LogP contribution in [0.2, 0.25) is 0 Å².